The maximum absolute atomic E-state index is 15.6. The van der Waals surface area contributed by atoms with Crippen molar-refractivity contribution in [3.05, 3.63) is 65.0 Å². The van der Waals surface area contributed by atoms with E-state index in [1.165, 1.54) is 24.4 Å². The smallest absolute Gasteiger partial charge is 0.262 e. The summed E-state index contributed by atoms with van der Waals surface area (Å²) < 4.78 is 47.8. The number of carbonyl (C=O) groups excluding carboxylic acids is 1. The van der Waals surface area contributed by atoms with Crippen LogP contribution in [0.2, 0.25) is 0 Å². The standard InChI is InChI=1S/C19H19F3N2O3/c20-13-4-3-12(15(21)10-13)11-24-18(26)19(22)6-5-16(27-9-8-25)17-14(19)2-1-7-23-17/h1-4,7,10,16,25H,5-6,8-9,11H2,(H,24,26)/t16-,19-/m0/s1. The summed E-state index contributed by atoms with van der Waals surface area (Å²) >= 11 is 0. The Hall–Kier alpha value is -2.45. The molecule has 1 aromatic heterocycles. The van der Waals surface area contributed by atoms with Gasteiger partial charge in [0.15, 0.2) is 0 Å². The van der Waals surface area contributed by atoms with E-state index < -0.39 is 29.3 Å². The molecule has 5 nitrogen and oxygen atoms in total. The Morgan fingerprint density at radius 3 is 2.93 bits per heavy atom. The van der Waals surface area contributed by atoms with E-state index in [0.29, 0.717) is 11.8 Å². The number of pyridine rings is 1. The largest absolute Gasteiger partial charge is 0.394 e. The first-order valence-electron chi connectivity index (χ1n) is 8.54. The second-order valence-corrected chi connectivity index (χ2v) is 6.28. The van der Waals surface area contributed by atoms with Crippen LogP contribution in [0.4, 0.5) is 13.2 Å². The van der Waals surface area contributed by atoms with Crippen molar-refractivity contribution in [2.45, 2.75) is 31.2 Å². The molecular weight excluding hydrogens is 361 g/mol. The predicted octanol–water partition coefficient (Wildman–Crippen LogP) is 2.68. The van der Waals surface area contributed by atoms with Gasteiger partial charge in [0.05, 0.1) is 18.9 Å². The molecule has 0 saturated heterocycles. The molecule has 0 spiro atoms. The number of rotatable bonds is 6. The highest BCUT2D eigenvalue weighted by Crippen LogP contribution is 2.43. The van der Waals surface area contributed by atoms with E-state index in [0.717, 1.165) is 6.07 Å². The maximum atomic E-state index is 15.6. The van der Waals surface area contributed by atoms with Gasteiger partial charge in [0.1, 0.15) is 17.7 Å². The predicted molar refractivity (Wildman–Crippen MR) is 90.2 cm³/mol. The molecule has 144 valence electrons. The van der Waals surface area contributed by atoms with Crippen molar-refractivity contribution in [2.24, 2.45) is 0 Å². The third-order valence-corrected chi connectivity index (χ3v) is 4.55. The Bertz CT molecular complexity index is 834. The Kier molecular flexibility index (Phi) is 5.76. The van der Waals surface area contributed by atoms with Crippen LogP contribution in [0.5, 0.6) is 0 Å². The number of halogens is 3. The third-order valence-electron chi connectivity index (χ3n) is 4.55. The molecule has 2 aromatic rings. The molecule has 1 aromatic carbocycles. The highest BCUT2D eigenvalue weighted by Gasteiger charge is 2.47. The van der Waals surface area contributed by atoms with Gasteiger partial charge in [-0.15, -0.1) is 0 Å². The molecule has 1 heterocycles. The lowest BCUT2D eigenvalue weighted by atomic mass is 9.80. The molecule has 1 aliphatic carbocycles. The van der Waals surface area contributed by atoms with Crippen LogP contribution in [0.1, 0.15) is 35.8 Å². The monoisotopic (exact) mass is 380 g/mol. The number of carbonyl (C=O) groups is 1. The van der Waals surface area contributed by atoms with Crippen molar-refractivity contribution >= 4 is 5.91 Å². The van der Waals surface area contributed by atoms with E-state index in [2.05, 4.69) is 10.3 Å². The zero-order valence-corrected chi connectivity index (χ0v) is 14.4. The lowest BCUT2D eigenvalue weighted by Crippen LogP contribution is -2.44. The third kappa shape index (κ3) is 3.96. The van der Waals surface area contributed by atoms with E-state index in [9.17, 15) is 13.6 Å². The van der Waals surface area contributed by atoms with Gasteiger partial charge in [-0.05, 0) is 25.0 Å². The number of nitrogens with one attached hydrogen (secondary N) is 1. The average Bonchev–Trinajstić information content (AvgIpc) is 2.67. The van der Waals surface area contributed by atoms with E-state index in [1.54, 1.807) is 0 Å². The number of aromatic nitrogens is 1. The molecule has 1 aliphatic rings. The number of hydrogen-bond donors (Lipinski definition) is 2. The minimum Gasteiger partial charge on any atom is -0.394 e. The zero-order chi connectivity index (χ0) is 19.4. The first-order valence-corrected chi connectivity index (χ1v) is 8.54. The summed E-state index contributed by atoms with van der Waals surface area (Å²) in [4.78, 5) is 16.7. The fraction of sp³-hybridized carbons (Fsp3) is 0.368. The molecule has 2 N–H and O–H groups in total. The van der Waals surface area contributed by atoms with Crippen LogP contribution >= 0.6 is 0 Å². The van der Waals surface area contributed by atoms with Crippen molar-refractivity contribution < 1.29 is 27.8 Å². The minimum absolute atomic E-state index is 0.0553. The Morgan fingerprint density at radius 2 is 2.19 bits per heavy atom. The molecule has 1 amide bonds. The number of benzene rings is 1. The van der Waals surface area contributed by atoms with Gasteiger partial charge in [0, 0.05) is 29.9 Å². The number of nitrogens with zero attached hydrogens (tertiary/aromatic N) is 1. The molecule has 0 bridgehead atoms. The molecule has 0 aliphatic heterocycles. The molecule has 27 heavy (non-hydrogen) atoms. The second kappa shape index (κ2) is 8.06. The first kappa shape index (κ1) is 19.3. The highest BCUT2D eigenvalue weighted by molar-refractivity contribution is 5.87. The van der Waals surface area contributed by atoms with Crippen LogP contribution in [0, 0.1) is 11.6 Å². The number of aliphatic hydroxyl groups is 1. The van der Waals surface area contributed by atoms with E-state index >= 15 is 4.39 Å². The van der Waals surface area contributed by atoms with Gasteiger partial charge in [-0.25, -0.2) is 13.2 Å². The number of amides is 1. The minimum atomic E-state index is -2.33. The molecule has 0 fully saturated rings. The van der Waals surface area contributed by atoms with Gasteiger partial charge >= 0.3 is 0 Å². The van der Waals surface area contributed by atoms with Crippen molar-refractivity contribution in [3.8, 4) is 0 Å². The fourth-order valence-corrected chi connectivity index (χ4v) is 3.18. The summed E-state index contributed by atoms with van der Waals surface area (Å²) in [6.45, 7) is -0.365. The van der Waals surface area contributed by atoms with Crippen LogP contribution in [0.15, 0.2) is 36.5 Å². The highest BCUT2D eigenvalue weighted by atomic mass is 19.1. The second-order valence-electron chi connectivity index (χ2n) is 6.28. The molecule has 2 atom stereocenters. The van der Waals surface area contributed by atoms with Crippen molar-refractivity contribution in [3.63, 3.8) is 0 Å². The SMILES string of the molecule is O=C(NCc1ccc(F)cc1F)[C@]1(F)CC[C@H](OCCO)c2ncccc21. The Balaban J connectivity index is 1.79. The van der Waals surface area contributed by atoms with Crippen LogP contribution in [0.3, 0.4) is 0 Å². The van der Waals surface area contributed by atoms with Gasteiger partial charge in [-0.2, -0.15) is 0 Å². The van der Waals surface area contributed by atoms with Gasteiger partial charge in [-0.1, -0.05) is 12.1 Å². The van der Waals surface area contributed by atoms with Crippen LogP contribution in [-0.4, -0.2) is 29.2 Å². The van der Waals surface area contributed by atoms with Crippen LogP contribution in [-0.2, 0) is 21.7 Å². The first-order chi connectivity index (χ1) is 13.0. The van der Waals surface area contributed by atoms with Crippen LogP contribution < -0.4 is 5.32 Å². The van der Waals surface area contributed by atoms with Gasteiger partial charge < -0.3 is 15.2 Å². The number of aliphatic hydroxyl groups excluding tert-OH is 1. The van der Waals surface area contributed by atoms with E-state index in [4.69, 9.17) is 9.84 Å². The summed E-state index contributed by atoms with van der Waals surface area (Å²) in [6, 6.07) is 5.96. The number of alkyl halides is 1. The van der Waals surface area contributed by atoms with Gasteiger partial charge in [0.25, 0.3) is 5.91 Å². The van der Waals surface area contributed by atoms with Gasteiger partial charge in [0.2, 0.25) is 5.67 Å². The Morgan fingerprint density at radius 1 is 1.37 bits per heavy atom. The Labute approximate surface area is 154 Å². The van der Waals surface area contributed by atoms with Crippen molar-refractivity contribution in [2.75, 3.05) is 13.2 Å². The lowest BCUT2D eigenvalue weighted by Gasteiger charge is -2.34. The van der Waals surface area contributed by atoms with Crippen molar-refractivity contribution in [1.82, 2.24) is 10.3 Å². The quantitative estimate of drug-likeness (QED) is 0.808. The lowest BCUT2D eigenvalue weighted by molar-refractivity contribution is -0.136. The summed E-state index contributed by atoms with van der Waals surface area (Å²) in [6.07, 6.45) is 1.03. The molecule has 3 rings (SSSR count). The number of hydrogen-bond acceptors (Lipinski definition) is 4. The topological polar surface area (TPSA) is 71.5 Å². The molecule has 0 saturated carbocycles. The summed E-state index contributed by atoms with van der Waals surface area (Å²) in [7, 11) is 0. The van der Waals surface area contributed by atoms with E-state index in [1.807, 2.05) is 0 Å². The summed E-state index contributed by atoms with van der Waals surface area (Å²) in [5, 5.41) is 11.3. The van der Waals surface area contributed by atoms with E-state index in [-0.39, 0.29) is 43.7 Å². The number of fused-ring (bicyclic) bond motifs is 1. The summed E-state index contributed by atoms with van der Waals surface area (Å²) in [5.74, 6) is -2.46. The van der Waals surface area contributed by atoms with Gasteiger partial charge in [-0.3, -0.25) is 9.78 Å². The van der Waals surface area contributed by atoms with Crippen molar-refractivity contribution in [1.29, 1.82) is 0 Å². The molecule has 8 heteroatoms. The summed E-state index contributed by atoms with van der Waals surface area (Å²) in [5.41, 5.74) is -1.88. The van der Waals surface area contributed by atoms with Crippen LogP contribution in [0.25, 0.3) is 0 Å². The maximum Gasteiger partial charge on any atom is 0.262 e. The fourth-order valence-electron chi connectivity index (χ4n) is 3.18. The number of ether oxygens (including phenoxy) is 1. The normalized spacial score (nSPS) is 21.6. The molecular formula is C19H19F3N2O3. The average molecular weight is 380 g/mol. The molecule has 0 unspecified atom stereocenters. The molecule has 0 radical (unpaired) electrons. The zero-order valence-electron chi connectivity index (χ0n) is 14.4.